The zero-order chi connectivity index (χ0) is 35.0. The Labute approximate surface area is 286 Å². The van der Waals surface area contributed by atoms with Gasteiger partial charge in [-0.25, -0.2) is 0 Å². The topological polar surface area (TPSA) is 46.9 Å². The highest BCUT2D eigenvalue weighted by molar-refractivity contribution is 6.03. The lowest BCUT2D eigenvalue weighted by Crippen LogP contribution is -2.17. The van der Waals surface area contributed by atoms with E-state index in [-0.39, 0.29) is 11.5 Å². The van der Waals surface area contributed by atoms with Gasteiger partial charge in [0.15, 0.2) is 0 Å². The molecule has 4 heteroatoms. The number of hydrogen-bond acceptors (Lipinski definition) is 4. The van der Waals surface area contributed by atoms with E-state index in [4.69, 9.17) is 0 Å². The Bertz CT molecular complexity index is 2160. The first-order chi connectivity index (χ1) is 22.5. The first-order valence-corrected chi connectivity index (χ1v) is 17.3. The van der Waals surface area contributed by atoms with Crippen molar-refractivity contribution >= 4 is 32.9 Å². The van der Waals surface area contributed by atoms with Crippen LogP contribution in [0.4, 0.5) is 11.4 Å². The molecule has 4 aromatic carbocycles. The molecule has 0 spiro atoms. The molecule has 0 saturated heterocycles. The normalized spacial score (nSPS) is 17.6. The van der Waals surface area contributed by atoms with Gasteiger partial charge in [0.2, 0.25) is 0 Å². The van der Waals surface area contributed by atoms with E-state index >= 15 is 0 Å². The number of hydrogen-bond donors (Lipinski definition) is 2. The monoisotopic (exact) mass is 638 g/mol. The average Bonchev–Trinajstić information content (AvgIpc) is 3.56. The minimum atomic E-state index is 0.161. The van der Waals surface area contributed by atoms with Crippen molar-refractivity contribution in [2.75, 3.05) is 23.9 Å². The summed E-state index contributed by atoms with van der Waals surface area (Å²) in [4.78, 5) is 4.52. The molecule has 4 aromatic rings. The molecule has 48 heavy (non-hydrogen) atoms. The van der Waals surface area contributed by atoms with Crippen molar-refractivity contribution in [3.63, 3.8) is 0 Å². The summed E-state index contributed by atoms with van der Waals surface area (Å²) in [6, 6.07) is 0. The number of allylic oxidation sites excluding steroid dienone is 4. The molecule has 2 aliphatic heterocycles. The Morgan fingerprint density at radius 3 is 0.979 bits per heavy atom. The second kappa shape index (κ2) is 10.5. The fourth-order valence-corrected chi connectivity index (χ4v) is 9.23. The third-order valence-electron chi connectivity index (χ3n) is 13.0. The highest BCUT2D eigenvalue weighted by atomic mass is 16.3. The number of likely N-dealkylation sites (N-methyl/N-ethyl adjacent to an activating group) is 2. The van der Waals surface area contributed by atoms with E-state index in [1.54, 1.807) is 0 Å². The van der Waals surface area contributed by atoms with Crippen LogP contribution in [0.25, 0.3) is 21.5 Å². The number of benzene rings is 4. The van der Waals surface area contributed by atoms with Gasteiger partial charge in [0.1, 0.15) is 11.5 Å². The first kappa shape index (κ1) is 32.1. The SMILES string of the molecule is Cc1c(C)c(C)c2c3c(c(C)c(C)c2c1C)N(C)C(=CC1=C(O)C(C=C2Cc4c(c(C)c(C)c5c(C)c(C)c(C)c(C)c45)N2C)=C1O)C3. The van der Waals surface area contributed by atoms with Crippen LogP contribution < -0.4 is 9.80 Å². The highest BCUT2D eigenvalue weighted by Crippen LogP contribution is 2.49. The minimum absolute atomic E-state index is 0.161. The predicted molar refractivity (Wildman–Crippen MR) is 204 cm³/mol. The van der Waals surface area contributed by atoms with Gasteiger partial charge in [-0.2, -0.15) is 0 Å². The van der Waals surface area contributed by atoms with Crippen molar-refractivity contribution in [1.82, 2.24) is 0 Å². The molecule has 4 nitrogen and oxygen atoms in total. The van der Waals surface area contributed by atoms with Crippen LogP contribution in [0.5, 0.6) is 0 Å². The summed E-state index contributed by atoms with van der Waals surface area (Å²) in [5, 5.41) is 28.3. The molecule has 0 bridgehead atoms. The van der Waals surface area contributed by atoms with Crippen LogP contribution in [0, 0.1) is 83.1 Å². The quantitative estimate of drug-likeness (QED) is 0.229. The van der Waals surface area contributed by atoms with Gasteiger partial charge in [-0.1, -0.05) is 0 Å². The molecule has 1 aliphatic carbocycles. The van der Waals surface area contributed by atoms with Crippen LogP contribution in [0.1, 0.15) is 77.9 Å². The molecule has 2 N–H and O–H groups in total. The number of rotatable bonds is 2. The molecular formula is C44H50N2O2. The molecule has 3 aliphatic rings. The second-order valence-corrected chi connectivity index (χ2v) is 14.9. The maximum Gasteiger partial charge on any atom is 0.137 e. The maximum atomic E-state index is 11.4. The van der Waals surface area contributed by atoms with Gasteiger partial charge in [-0.3, -0.25) is 0 Å². The molecule has 0 aromatic heterocycles. The molecule has 7 rings (SSSR count). The number of nitrogens with zero attached hydrogens (tertiary/aromatic N) is 2. The fraction of sp³-hybridized carbons (Fsp3) is 0.364. The molecule has 0 saturated carbocycles. The number of aryl methyl sites for hydroxylation is 6. The van der Waals surface area contributed by atoms with Gasteiger partial charge < -0.3 is 20.0 Å². The van der Waals surface area contributed by atoms with Crippen LogP contribution >= 0.6 is 0 Å². The molecule has 0 atom stereocenters. The Kier molecular flexibility index (Phi) is 7.05. The van der Waals surface area contributed by atoms with Gasteiger partial charge in [-0.05, 0) is 195 Å². The van der Waals surface area contributed by atoms with Crippen LogP contribution in [0.2, 0.25) is 0 Å². The van der Waals surface area contributed by atoms with Crippen LogP contribution in [-0.2, 0) is 12.8 Å². The second-order valence-electron chi connectivity index (χ2n) is 14.9. The van der Waals surface area contributed by atoms with Crippen molar-refractivity contribution in [3.8, 4) is 0 Å². The smallest absolute Gasteiger partial charge is 0.137 e. The molecule has 2 heterocycles. The predicted octanol–water partition coefficient (Wildman–Crippen LogP) is 10.8. The molecule has 0 radical (unpaired) electrons. The summed E-state index contributed by atoms with van der Waals surface area (Å²) in [6.07, 6.45) is 5.49. The Morgan fingerprint density at radius 1 is 0.396 bits per heavy atom. The summed E-state index contributed by atoms with van der Waals surface area (Å²) in [7, 11) is 4.23. The van der Waals surface area contributed by atoms with Gasteiger partial charge in [0.25, 0.3) is 0 Å². The summed E-state index contributed by atoms with van der Waals surface area (Å²) in [5.41, 5.74) is 24.5. The van der Waals surface area contributed by atoms with E-state index in [0.29, 0.717) is 11.1 Å². The summed E-state index contributed by atoms with van der Waals surface area (Å²) >= 11 is 0. The number of aliphatic hydroxyl groups is 2. The van der Waals surface area contributed by atoms with Crippen LogP contribution in [0.3, 0.4) is 0 Å². The average molecular weight is 639 g/mol. The van der Waals surface area contributed by atoms with Crippen molar-refractivity contribution in [1.29, 1.82) is 0 Å². The largest absolute Gasteiger partial charge is 0.506 e. The van der Waals surface area contributed by atoms with E-state index in [1.807, 2.05) is 12.2 Å². The third-order valence-corrected chi connectivity index (χ3v) is 13.0. The molecule has 0 amide bonds. The van der Waals surface area contributed by atoms with Crippen molar-refractivity contribution < 1.29 is 10.2 Å². The zero-order valence-electron chi connectivity index (χ0n) is 31.4. The van der Waals surface area contributed by atoms with Crippen LogP contribution in [0.15, 0.2) is 46.2 Å². The first-order valence-electron chi connectivity index (χ1n) is 17.3. The van der Waals surface area contributed by atoms with Gasteiger partial charge in [0.05, 0.1) is 11.1 Å². The Balaban J connectivity index is 1.28. The number of fused-ring (bicyclic) bond motifs is 6. The lowest BCUT2D eigenvalue weighted by molar-refractivity contribution is 0.354. The molecule has 0 unspecified atom stereocenters. The Hall–Kier alpha value is -4.44. The van der Waals surface area contributed by atoms with E-state index in [0.717, 1.165) is 24.2 Å². The standard InChI is InChI=1S/C44H50N2O2/c1-19-21(3)25(7)39-33-15-31(45(13)41(33)29(11)27(9)37(39)23(19)5)17-35-43(47)36(44(35)48)18-32-16-34-40-26(8)22(4)20(2)24(6)38(40)28(10)30(12)42(34)46(32)14/h17-18,47-48H,15-16H2,1-14H3. The highest BCUT2D eigenvalue weighted by Gasteiger charge is 2.34. The number of aliphatic hydroxyl groups excluding tert-OH is 2. The lowest BCUT2D eigenvalue weighted by atomic mass is 9.84. The third kappa shape index (κ3) is 3.95. The van der Waals surface area contributed by atoms with E-state index in [9.17, 15) is 10.2 Å². The molecule has 0 fully saturated rings. The van der Waals surface area contributed by atoms with E-state index < -0.39 is 0 Å². The van der Waals surface area contributed by atoms with Crippen molar-refractivity contribution in [3.05, 3.63) is 124 Å². The minimum Gasteiger partial charge on any atom is -0.506 e. The summed E-state index contributed by atoms with van der Waals surface area (Å²) in [6.45, 7) is 26.9. The Morgan fingerprint density at radius 2 is 0.667 bits per heavy atom. The fourth-order valence-electron chi connectivity index (χ4n) is 9.23. The van der Waals surface area contributed by atoms with Gasteiger partial charge in [-0.15, -0.1) is 0 Å². The van der Waals surface area contributed by atoms with Crippen molar-refractivity contribution in [2.45, 2.75) is 95.9 Å². The van der Waals surface area contributed by atoms with Gasteiger partial charge >= 0.3 is 0 Å². The summed E-state index contributed by atoms with van der Waals surface area (Å²) < 4.78 is 0. The van der Waals surface area contributed by atoms with E-state index in [2.05, 4.69) is 107 Å². The molecular weight excluding hydrogens is 588 g/mol. The van der Waals surface area contributed by atoms with Crippen molar-refractivity contribution in [2.24, 2.45) is 0 Å². The molecule has 248 valence electrons. The summed E-state index contributed by atoms with van der Waals surface area (Å²) in [5.74, 6) is 0.322. The number of anilines is 2. The van der Waals surface area contributed by atoms with Gasteiger partial charge in [0, 0.05) is 49.7 Å². The zero-order valence-corrected chi connectivity index (χ0v) is 31.4. The van der Waals surface area contributed by atoms with Crippen LogP contribution in [-0.4, -0.2) is 24.3 Å². The lowest BCUT2D eigenvalue weighted by Gasteiger charge is -2.25. The van der Waals surface area contributed by atoms with E-state index in [1.165, 1.54) is 111 Å². The maximum absolute atomic E-state index is 11.4.